The van der Waals surface area contributed by atoms with Gasteiger partial charge in [-0.05, 0) is 103 Å². The molecule has 0 fully saturated rings. The number of hydrogen-bond donors (Lipinski definition) is 3. The van der Waals surface area contributed by atoms with Gasteiger partial charge in [0.1, 0.15) is 13.2 Å². The second-order valence-corrected chi connectivity index (χ2v) is 18.2. The van der Waals surface area contributed by atoms with Gasteiger partial charge in [-0.3, -0.25) is 13.8 Å². The Morgan fingerprint density at radius 2 is 0.938 bits per heavy atom. The minimum Gasteiger partial charge on any atom is -0.387 e. The average molecular weight is 906 g/mol. The molecule has 0 aliphatic carbocycles. The number of carbonyl (C=O) groups is 1. The number of nitrogens with one attached hydrogen (secondary N) is 1. The Labute approximate surface area is 391 Å². The van der Waals surface area contributed by atoms with Crippen molar-refractivity contribution in [3.8, 4) is 0 Å². The lowest BCUT2D eigenvalue weighted by Crippen LogP contribution is -2.45. The smallest absolute Gasteiger partial charge is 0.387 e. The van der Waals surface area contributed by atoms with Crippen LogP contribution in [-0.4, -0.2) is 73.4 Å². The van der Waals surface area contributed by atoms with Gasteiger partial charge in [-0.1, -0.05) is 179 Å². The number of allylic oxidation sites excluding steroid dienone is 23. The average Bonchev–Trinajstić information content (AvgIpc) is 3.25. The van der Waals surface area contributed by atoms with Crippen molar-refractivity contribution in [3.05, 3.63) is 146 Å². The molecule has 1 amide bonds. The fraction of sp³-hybridized carbons (Fsp3) is 0.545. The molecule has 8 nitrogen and oxygen atoms in total. The van der Waals surface area contributed by atoms with E-state index in [1.54, 1.807) is 6.08 Å². The van der Waals surface area contributed by atoms with Crippen molar-refractivity contribution < 1.29 is 32.9 Å². The van der Waals surface area contributed by atoms with E-state index in [1.165, 1.54) is 0 Å². The van der Waals surface area contributed by atoms with Crippen molar-refractivity contribution in [2.24, 2.45) is 0 Å². The molecule has 0 aromatic rings. The fourth-order valence-corrected chi connectivity index (χ4v) is 6.48. The highest BCUT2D eigenvalue weighted by molar-refractivity contribution is 7.47. The number of likely N-dealkylation sites (N-methyl/N-ethyl adjacent to an activating group) is 1. The van der Waals surface area contributed by atoms with Crippen LogP contribution in [-0.2, 0) is 18.4 Å². The quantitative estimate of drug-likeness (QED) is 0.0244. The van der Waals surface area contributed by atoms with Crippen LogP contribution < -0.4 is 5.32 Å². The molecule has 3 N–H and O–H groups in total. The lowest BCUT2D eigenvalue weighted by atomic mass is 10.1. The molecule has 3 unspecified atom stereocenters. The lowest BCUT2D eigenvalue weighted by Gasteiger charge is -2.25. The van der Waals surface area contributed by atoms with Gasteiger partial charge in [0.05, 0.1) is 39.9 Å². The number of amides is 1. The van der Waals surface area contributed by atoms with Crippen LogP contribution in [0.4, 0.5) is 0 Å². The van der Waals surface area contributed by atoms with Crippen LogP contribution in [0.15, 0.2) is 146 Å². The van der Waals surface area contributed by atoms with Crippen LogP contribution in [0.25, 0.3) is 0 Å². The van der Waals surface area contributed by atoms with Gasteiger partial charge in [0, 0.05) is 6.42 Å². The van der Waals surface area contributed by atoms with Crippen molar-refractivity contribution in [2.45, 2.75) is 154 Å². The third-order valence-electron chi connectivity index (χ3n) is 9.57. The van der Waals surface area contributed by atoms with Gasteiger partial charge in [0.2, 0.25) is 5.91 Å². The van der Waals surface area contributed by atoms with Gasteiger partial charge >= 0.3 is 7.82 Å². The summed E-state index contributed by atoms with van der Waals surface area (Å²) in [6.45, 7) is 4.51. The topological polar surface area (TPSA) is 105 Å². The maximum Gasteiger partial charge on any atom is 0.472 e. The number of nitrogens with zero attached hydrogens (tertiary/aromatic N) is 1. The Morgan fingerprint density at radius 1 is 0.547 bits per heavy atom. The number of hydrogen-bond acceptors (Lipinski definition) is 5. The molecule has 3 atom stereocenters. The summed E-state index contributed by atoms with van der Waals surface area (Å²) in [5.41, 5.74) is 0. The summed E-state index contributed by atoms with van der Waals surface area (Å²) in [7, 11) is 1.51. The number of aliphatic hydroxyl groups is 1. The van der Waals surface area contributed by atoms with Gasteiger partial charge in [-0.2, -0.15) is 0 Å². The van der Waals surface area contributed by atoms with E-state index in [2.05, 4.69) is 153 Å². The zero-order valence-corrected chi connectivity index (χ0v) is 41.6. The van der Waals surface area contributed by atoms with Crippen LogP contribution in [0.3, 0.4) is 0 Å². The monoisotopic (exact) mass is 906 g/mol. The van der Waals surface area contributed by atoms with Gasteiger partial charge in [-0.25, -0.2) is 4.57 Å². The van der Waals surface area contributed by atoms with Gasteiger partial charge in [-0.15, -0.1) is 0 Å². The first-order valence-electron chi connectivity index (χ1n) is 24.2. The predicted octanol–water partition coefficient (Wildman–Crippen LogP) is 14.2. The maximum atomic E-state index is 12.8. The molecule has 0 spiro atoms. The molecule has 0 aliphatic heterocycles. The number of quaternary nitrogens is 1. The number of phosphoric ester groups is 1. The molecule has 0 saturated heterocycles. The van der Waals surface area contributed by atoms with Gasteiger partial charge in [0.15, 0.2) is 0 Å². The molecule has 9 heteroatoms. The van der Waals surface area contributed by atoms with E-state index in [4.69, 9.17) is 9.05 Å². The van der Waals surface area contributed by atoms with E-state index in [-0.39, 0.29) is 19.1 Å². The molecular formula is C55H90N2O6P+. The molecule has 0 bridgehead atoms. The normalized spacial score (nSPS) is 15.4. The number of carbonyl (C=O) groups excluding carboxylic acids is 1. The predicted molar refractivity (Wildman–Crippen MR) is 276 cm³/mol. The van der Waals surface area contributed by atoms with E-state index in [0.717, 1.165) is 116 Å². The Hall–Kier alpha value is -3.62. The van der Waals surface area contributed by atoms with Crippen LogP contribution in [0.1, 0.15) is 142 Å². The highest BCUT2D eigenvalue weighted by Crippen LogP contribution is 2.43. The summed E-state index contributed by atoms with van der Waals surface area (Å²) >= 11 is 0. The zero-order valence-electron chi connectivity index (χ0n) is 40.7. The maximum absolute atomic E-state index is 12.8. The van der Waals surface area contributed by atoms with Crippen molar-refractivity contribution >= 4 is 13.7 Å². The van der Waals surface area contributed by atoms with E-state index in [9.17, 15) is 19.4 Å². The lowest BCUT2D eigenvalue weighted by molar-refractivity contribution is -0.870. The SMILES string of the molecule is CC/C=C\C/C=C\C/C=C\C/C=C\C/C=C\C/C=C\C/C=C\C/C=C\C/C=C\C/C=C\C/C=C\CCCCCC(=O)NC(COP(=O)(O)OCC[N+](C)(C)C)C(O)/C=C/CCCCC. The summed E-state index contributed by atoms with van der Waals surface area (Å²) in [6.07, 6.45) is 69.9. The van der Waals surface area contributed by atoms with E-state index in [1.807, 2.05) is 27.2 Å². The summed E-state index contributed by atoms with van der Waals surface area (Å²) in [5, 5.41) is 13.6. The largest absolute Gasteiger partial charge is 0.472 e. The molecule has 0 aromatic carbocycles. The molecule has 360 valence electrons. The van der Waals surface area contributed by atoms with E-state index < -0.39 is 20.0 Å². The van der Waals surface area contributed by atoms with Crippen molar-refractivity contribution in [1.29, 1.82) is 0 Å². The molecule has 0 rings (SSSR count). The number of aliphatic hydroxyl groups excluding tert-OH is 1. The molecule has 0 aliphatic rings. The number of unbranched alkanes of at least 4 members (excludes halogenated alkanes) is 6. The second kappa shape index (κ2) is 44.6. The first kappa shape index (κ1) is 60.4. The van der Waals surface area contributed by atoms with Crippen molar-refractivity contribution in [1.82, 2.24) is 5.32 Å². The fourth-order valence-electron chi connectivity index (χ4n) is 5.75. The van der Waals surface area contributed by atoms with Gasteiger partial charge < -0.3 is 19.8 Å². The standard InChI is InChI=1S/C55H89N2O6P/c1-6-8-10-12-13-14-15-16-17-18-19-20-21-22-23-24-25-26-27-28-29-30-31-32-33-34-35-36-37-38-39-40-41-42-43-45-47-49-55(59)56-53(54(58)48-46-44-11-9-7-2)52-63-64(60,61)62-51-50-57(3,4)5/h8,10,13-14,16-17,19-20,22-23,25-26,28-29,31-32,34-35,37-38,40-41,46,48,53-54,58H,6-7,9,11-12,15,18,21,24,27,30,33,36,39,42-45,47,49-52H2,1-5H3,(H-,56,59,60,61)/p+1/b10-8-,14-13-,17-16-,20-19-,23-22-,26-25-,29-28-,32-31-,35-34-,38-37-,41-40-,48-46+. The Balaban J connectivity index is 4.11. The summed E-state index contributed by atoms with van der Waals surface area (Å²) in [4.78, 5) is 22.9. The van der Waals surface area contributed by atoms with E-state index in [0.29, 0.717) is 23.9 Å². The summed E-state index contributed by atoms with van der Waals surface area (Å²) in [5.74, 6) is -0.225. The molecule has 0 aromatic heterocycles. The minimum atomic E-state index is -4.34. The minimum absolute atomic E-state index is 0.0451. The molecule has 0 radical (unpaired) electrons. The highest BCUT2D eigenvalue weighted by Gasteiger charge is 2.27. The third kappa shape index (κ3) is 46.4. The zero-order chi connectivity index (χ0) is 47.1. The molecule has 0 heterocycles. The third-order valence-corrected chi connectivity index (χ3v) is 10.5. The van der Waals surface area contributed by atoms with E-state index >= 15 is 0 Å². The van der Waals surface area contributed by atoms with Crippen LogP contribution in [0, 0.1) is 0 Å². The van der Waals surface area contributed by atoms with Crippen molar-refractivity contribution in [2.75, 3.05) is 40.9 Å². The molecule has 64 heavy (non-hydrogen) atoms. The van der Waals surface area contributed by atoms with Crippen LogP contribution in [0.5, 0.6) is 0 Å². The Kier molecular flexibility index (Phi) is 42.1. The first-order chi connectivity index (χ1) is 31.0. The summed E-state index contributed by atoms with van der Waals surface area (Å²) in [6, 6.07) is -0.871. The highest BCUT2D eigenvalue weighted by atomic mass is 31.2. The van der Waals surface area contributed by atoms with Gasteiger partial charge in [0.25, 0.3) is 0 Å². The number of phosphoric acid groups is 1. The summed E-state index contributed by atoms with van der Waals surface area (Å²) < 4.78 is 23.3. The Bertz CT molecular complexity index is 1540. The Morgan fingerprint density at radius 3 is 1.34 bits per heavy atom. The second-order valence-electron chi connectivity index (χ2n) is 16.8. The van der Waals surface area contributed by atoms with Crippen LogP contribution in [0.2, 0.25) is 0 Å². The molecule has 0 saturated carbocycles. The van der Waals surface area contributed by atoms with Crippen LogP contribution >= 0.6 is 7.82 Å². The van der Waals surface area contributed by atoms with Crippen molar-refractivity contribution in [3.63, 3.8) is 0 Å². The number of rotatable bonds is 41. The molecular weight excluding hydrogens is 816 g/mol. The first-order valence-corrected chi connectivity index (χ1v) is 25.7.